The molecule has 1 heterocycles. The maximum Gasteiger partial charge on any atom is 0.299 e. The lowest BCUT2D eigenvalue weighted by molar-refractivity contribution is -0.114. The SMILES string of the molecule is Cc1cc(F)cc2c1N(CC1CC1)C(=O)C2=O. The highest BCUT2D eigenvalue weighted by Crippen LogP contribution is 2.37. The summed E-state index contributed by atoms with van der Waals surface area (Å²) in [6.07, 6.45) is 2.21. The van der Waals surface area contributed by atoms with Crippen LogP contribution in [0, 0.1) is 18.7 Å². The largest absolute Gasteiger partial charge is 0.304 e. The van der Waals surface area contributed by atoms with Crippen LogP contribution in [0.4, 0.5) is 10.1 Å². The van der Waals surface area contributed by atoms with Crippen molar-refractivity contribution in [2.24, 2.45) is 5.92 Å². The summed E-state index contributed by atoms with van der Waals surface area (Å²) in [4.78, 5) is 25.1. The van der Waals surface area contributed by atoms with E-state index >= 15 is 0 Å². The minimum absolute atomic E-state index is 0.216. The Morgan fingerprint density at radius 1 is 1.35 bits per heavy atom. The van der Waals surface area contributed by atoms with Crippen molar-refractivity contribution in [1.82, 2.24) is 0 Å². The van der Waals surface area contributed by atoms with Crippen molar-refractivity contribution in [3.63, 3.8) is 0 Å². The van der Waals surface area contributed by atoms with E-state index in [4.69, 9.17) is 0 Å². The van der Waals surface area contributed by atoms with E-state index in [1.807, 2.05) is 0 Å². The molecule has 0 aromatic heterocycles. The van der Waals surface area contributed by atoms with Gasteiger partial charge in [-0.25, -0.2) is 4.39 Å². The molecular weight excluding hydrogens is 221 g/mol. The van der Waals surface area contributed by atoms with Gasteiger partial charge < -0.3 is 4.90 Å². The van der Waals surface area contributed by atoms with Gasteiger partial charge in [0.2, 0.25) is 0 Å². The van der Waals surface area contributed by atoms with Crippen LogP contribution < -0.4 is 4.90 Å². The maximum atomic E-state index is 13.2. The Kier molecular flexibility index (Phi) is 2.08. The number of carbonyl (C=O) groups is 2. The van der Waals surface area contributed by atoms with Crippen molar-refractivity contribution in [3.05, 3.63) is 29.1 Å². The first kappa shape index (κ1) is 10.4. The zero-order valence-electron chi connectivity index (χ0n) is 9.50. The Labute approximate surface area is 98.2 Å². The molecule has 1 aromatic rings. The molecule has 1 saturated carbocycles. The monoisotopic (exact) mass is 233 g/mol. The Balaban J connectivity index is 2.10. The number of halogens is 1. The summed E-state index contributed by atoms with van der Waals surface area (Å²) in [5, 5.41) is 0. The van der Waals surface area contributed by atoms with Crippen LogP contribution in [0.25, 0.3) is 0 Å². The first-order valence-corrected chi connectivity index (χ1v) is 5.74. The van der Waals surface area contributed by atoms with Gasteiger partial charge in [0.15, 0.2) is 0 Å². The first-order valence-electron chi connectivity index (χ1n) is 5.74. The van der Waals surface area contributed by atoms with Gasteiger partial charge in [0.05, 0.1) is 11.3 Å². The van der Waals surface area contributed by atoms with Crippen molar-refractivity contribution >= 4 is 17.4 Å². The van der Waals surface area contributed by atoms with Crippen LogP contribution in [-0.4, -0.2) is 18.2 Å². The molecule has 1 fully saturated rings. The van der Waals surface area contributed by atoms with Crippen LogP contribution in [-0.2, 0) is 4.79 Å². The maximum absolute atomic E-state index is 13.2. The molecule has 3 nitrogen and oxygen atoms in total. The van der Waals surface area contributed by atoms with Crippen LogP contribution in [0.15, 0.2) is 12.1 Å². The van der Waals surface area contributed by atoms with Gasteiger partial charge >= 0.3 is 0 Å². The van der Waals surface area contributed by atoms with E-state index in [1.54, 1.807) is 6.92 Å². The number of hydrogen-bond acceptors (Lipinski definition) is 2. The normalized spacial score (nSPS) is 18.8. The van der Waals surface area contributed by atoms with Crippen LogP contribution in [0.5, 0.6) is 0 Å². The summed E-state index contributed by atoms with van der Waals surface area (Å²) in [6.45, 7) is 2.32. The lowest BCUT2D eigenvalue weighted by Gasteiger charge is -2.17. The number of carbonyl (C=O) groups excluding carboxylic acids is 2. The summed E-state index contributed by atoms with van der Waals surface area (Å²) in [5.41, 5.74) is 1.47. The van der Waals surface area contributed by atoms with Crippen molar-refractivity contribution in [1.29, 1.82) is 0 Å². The number of nitrogens with zero attached hydrogens (tertiary/aromatic N) is 1. The van der Waals surface area contributed by atoms with Gasteiger partial charge in [-0.15, -0.1) is 0 Å². The fourth-order valence-corrected chi connectivity index (χ4v) is 2.34. The summed E-state index contributed by atoms with van der Waals surface area (Å²) < 4.78 is 13.2. The lowest BCUT2D eigenvalue weighted by Crippen LogP contribution is -2.31. The summed E-state index contributed by atoms with van der Waals surface area (Å²) in [5.74, 6) is -1.05. The first-order chi connectivity index (χ1) is 8.08. The quantitative estimate of drug-likeness (QED) is 0.733. The number of anilines is 1. The average Bonchev–Trinajstić information content (AvgIpc) is 3.04. The van der Waals surface area contributed by atoms with E-state index in [-0.39, 0.29) is 5.56 Å². The molecule has 0 radical (unpaired) electrons. The highest BCUT2D eigenvalue weighted by atomic mass is 19.1. The minimum Gasteiger partial charge on any atom is -0.304 e. The highest BCUT2D eigenvalue weighted by molar-refractivity contribution is 6.52. The second-order valence-electron chi connectivity index (χ2n) is 4.81. The second-order valence-corrected chi connectivity index (χ2v) is 4.81. The van der Waals surface area contributed by atoms with Gasteiger partial charge in [0.25, 0.3) is 11.7 Å². The Morgan fingerprint density at radius 2 is 2.06 bits per heavy atom. The summed E-state index contributed by atoms with van der Waals surface area (Å²) in [7, 11) is 0. The third-order valence-corrected chi connectivity index (χ3v) is 3.36. The smallest absolute Gasteiger partial charge is 0.299 e. The van der Waals surface area contributed by atoms with Gasteiger partial charge in [0, 0.05) is 6.54 Å². The Bertz CT molecular complexity index is 534. The molecule has 0 atom stereocenters. The van der Waals surface area contributed by atoms with E-state index < -0.39 is 17.5 Å². The number of benzene rings is 1. The molecule has 0 unspecified atom stereocenters. The number of Topliss-reactive ketones (excluding diaryl/α,β-unsaturated/α-hetero) is 1. The molecule has 2 aliphatic rings. The molecule has 3 rings (SSSR count). The highest BCUT2D eigenvalue weighted by Gasteiger charge is 2.39. The third kappa shape index (κ3) is 1.55. The van der Waals surface area contributed by atoms with E-state index in [1.165, 1.54) is 11.0 Å². The van der Waals surface area contributed by atoms with Gasteiger partial charge in [-0.1, -0.05) is 0 Å². The number of fused-ring (bicyclic) bond motifs is 1. The van der Waals surface area contributed by atoms with E-state index in [0.29, 0.717) is 23.7 Å². The second kappa shape index (κ2) is 3.39. The standard InChI is InChI=1S/C13H12FNO2/c1-7-4-9(14)5-10-11(7)15(6-8-2-3-8)13(17)12(10)16/h4-5,8H,2-3,6H2,1H3. The average molecular weight is 233 g/mol. The van der Waals surface area contributed by atoms with Crippen molar-refractivity contribution < 1.29 is 14.0 Å². The van der Waals surface area contributed by atoms with E-state index in [2.05, 4.69) is 0 Å². The van der Waals surface area contributed by atoms with E-state index in [0.717, 1.165) is 18.9 Å². The summed E-state index contributed by atoms with van der Waals surface area (Å²) >= 11 is 0. The third-order valence-electron chi connectivity index (χ3n) is 3.36. The van der Waals surface area contributed by atoms with Crippen LogP contribution >= 0.6 is 0 Å². The van der Waals surface area contributed by atoms with Crippen molar-refractivity contribution in [3.8, 4) is 0 Å². The van der Waals surface area contributed by atoms with Crippen LogP contribution in [0.3, 0.4) is 0 Å². The molecule has 0 saturated heterocycles. The number of aryl methyl sites for hydroxylation is 1. The predicted molar refractivity (Wildman–Crippen MR) is 60.5 cm³/mol. The van der Waals surface area contributed by atoms with Gasteiger partial charge in [0.1, 0.15) is 5.82 Å². The number of amides is 1. The minimum atomic E-state index is -0.580. The number of hydrogen-bond donors (Lipinski definition) is 0. The zero-order chi connectivity index (χ0) is 12.2. The molecule has 0 spiro atoms. The molecular formula is C13H12FNO2. The number of rotatable bonds is 2. The van der Waals surface area contributed by atoms with E-state index in [9.17, 15) is 14.0 Å². The van der Waals surface area contributed by atoms with Crippen molar-refractivity contribution in [2.75, 3.05) is 11.4 Å². The molecule has 88 valence electrons. The fraction of sp³-hybridized carbons (Fsp3) is 0.385. The van der Waals surface area contributed by atoms with Gasteiger partial charge in [-0.05, 0) is 43.4 Å². The molecule has 0 bridgehead atoms. The fourth-order valence-electron chi connectivity index (χ4n) is 2.34. The zero-order valence-corrected chi connectivity index (χ0v) is 9.50. The Hall–Kier alpha value is -1.71. The predicted octanol–water partition coefficient (Wildman–Crippen LogP) is 2.07. The van der Waals surface area contributed by atoms with Gasteiger partial charge in [-0.3, -0.25) is 9.59 Å². The topological polar surface area (TPSA) is 37.4 Å². The molecule has 1 aromatic carbocycles. The molecule has 1 aliphatic heterocycles. The molecule has 1 aliphatic carbocycles. The Morgan fingerprint density at radius 3 is 2.71 bits per heavy atom. The molecule has 4 heteroatoms. The van der Waals surface area contributed by atoms with Crippen LogP contribution in [0.2, 0.25) is 0 Å². The molecule has 17 heavy (non-hydrogen) atoms. The molecule has 1 amide bonds. The number of ketones is 1. The van der Waals surface area contributed by atoms with Crippen LogP contribution in [0.1, 0.15) is 28.8 Å². The molecule has 0 N–H and O–H groups in total. The summed E-state index contributed by atoms with van der Waals surface area (Å²) in [6, 6.07) is 2.53. The van der Waals surface area contributed by atoms with Crippen molar-refractivity contribution in [2.45, 2.75) is 19.8 Å². The lowest BCUT2D eigenvalue weighted by atomic mass is 10.1. The van der Waals surface area contributed by atoms with Gasteiger partial charge in [-0.2, -0.15) is 0 Å².